The molecule has 1 aromatic carbocycles. The molecule has 6 heteroatoms. The summed E-state index contributed by atoms with van der Waals surface area (Å²) in [6.07, 6.45) is 0.761. The van der Waals surface area contributed by atoms with Crippen LogP contribution in [0.3, 0.4) is 0 Å². The first kappa shape index (κ1) is 15.7. The predicted molar refractivity (Wildman–Crippen MR) is 81.4 cm³/mol. The third kappa shape index (κ3) is 4.22. The Labute approximate surface area is 123 Å². The van der Waals surface area contributed by atoms with Gasteiger partial charge < -0.3 is 16.6 Å². The normalized spacial score (nSPS) is 12.0. The number of phenols is 1. The van der Waals surface area contributed by atoms with Gasteiger partial charge in [0.2, 0.25) is 0 Å². The van der Waals surface area contributed by atoms with Crippen LogP contribution in [0.1, 0.15) is 18.0 Å². The van der Waals surface area contributed by atoms with Crippen LogP contribution in [-0.4, -0.2) is 11.7 Å². The molecule has 3 nitrogen and oxygen atoms in total. The highest BCUT2D eigenvalue weighted by Gasteiger charge is 2.10. The van der Waals surface area contributed by atoms with Crippen LogP contribution < -0.4 is 11.5 Å². The van der Waals surface area contributed by atoms with E-state index in [1.54, 1.807) is 0 Å². The summed E-state index contributed by atoms with van der Waals surface area (Å²) in [6.45, 7) is 0.579. The van der Waals surface area contributed by atoms with E-state index in [1.807, 2.05) is 12.1 Å². The largest absolute Gasteiger partial charge is 0.506 e. The summed E-state index contributed by atoms with van der Waals surface area (Å²) in [4.78, 5) is 0. The average Bonchev–Trinajstić information content (AvgIpc) is 2.13. The van der Waals surface area contributed by atoms with Crippen molar-refractivity contribution in [2.24, 2.45) is 11.5 Å². The Hall–Kier alpha value is 0.690. The number of phenolic OH excluding ortho intramolecular Hbond substituents is 1. The SMILES string of the molecule is Cl.NCC[C@H](N)c1cc(I)c(O)c(I)c1. The summed E-state index contributed by atoms with van der Waals surface area (Å²) in [6, 6.07) is 3.76. The minimum absolute atomic E-state index is 0. The van der Waals surface area contributed by atoms with E-state index >= 15 is 0 Å². The first-order valence-electron chi connectivity index (χ1n) is 4.19. The van der Waals surface area contributed by atoms with Crippen LogP contribution in [0.4, 0.5) is 0 Å². The van der Waals surface area contributed by atoms with Crippen molar-refractivity contribution in [1.82, 2.24) is 0 Å². The van der Waals surface area contributed by atoms with Gasteiger partial charge in [0.05, 0.1) is 7.14 Å². The summed E-state index contributed by atoms with van der Waals surface area (Å²) in [5.74, 6) is 0.329. The van der Waals surface area contributed by atoms with E-state index in [0.717, 1.165) is 19.1 Å². The van der Waals surface area contributed by atoms with Crippen molar-refractivity contribution >= 4 is 57.6 Å². The molecule has 0 unspecified atom stereocenters. The van der Waals surface area contributed by atoms with Crippen molar-refractivity contribution in [3.63, 3.8) is 0 Å². The van der Waals surface area contributed by atoms with Crippen LogP contribution >= 0.6 is 57.6 Å². The van der Waals surface area contributed by atoms with Crippen LogP contribution in [-0.2, 0) is 0 Å². The quantitative estimate of drug-likeness (QED) is 0.615. The number of hydrogen-bond donors (Lipinski definition) is 3. The fourth-order valence-corrected chi connectivity index (χ4v) is 2.96. The Morgan fingerprint density at radius 1 is 1.27 bits per heavy atom. The van der Waals surface area contributed by atoms with Gasteiger partial charge >= 0.3 is 0 Å². The average molecular weight is 454 g/mol. The van der Waals surface area contributed by atoms with Crippen LogP contribution in [0.15, 0.2) is 12.1 Å². The summed E-state index contributed by atoms with van der Waals surface area (Å²) >= 11 is 4.19. The van der Waals surface area contributed by atoms with Crippen molar-refractivity contribution in [1.29, 1.82) is 0 Å². The van der Waals surface area contributed by atoms with Gasteiger partial charge in [-0.2, -0.15) is 0 Å². The predicted octanol–water partition coefficient (Wildman–Crippen LogP) is 2.37. The fraction of sp³-hybridized carbons (Fsp3) is 0.333. The lowest BCUT2D eigenvalue weighted by atomic mass is 10.1. The Kier molecular flexibility index (Phi) is 7.43. The third-order valence-corrected chi connectivity index (χ3v) is 3.59. The maximum absolute atomic E-state index is 9.56. The van der Waals surface area contributed by atoms with Crippen molar-refractivity contribution in [2.45, 2.75) is 12.5 Å². The molecule has 0 bridgehead atoms. The fourth-order valence-electron chi connectivity index (χ4n) is 1.15. The maximum atomic E-state index is 9.56. The summed E-state index contributed by atoms with van der Waals surface area (Å²) in [7, 11) is 0. The van der Waals surface area contributed by atoms with Gasteiger partial charge in [-0.05, 0) is 75.8 Å². The number of rotatable bonds is 3. The summed E-state index contributed by atoms with van der Waals surface area (Å²) in [5, 5.41) is 9.56. The standard InChI is InChI=1S/C9H12I2N2O.ClH/c10-6-3-5(8(13)1-2-12)4-7(11)9(6)14;/h3-4,8,14H,1-2,12-13H2;1H/t8-;/m0./s1. The highest BCUT2D eigenvalue weighted by atomic mass is 127. The van der Waals surface area contributed by atoms with Gasteiger partial charge in [-0.15, -0.1) is 12.4 Å². The second-order valence-electron chi connectivity index (χ2n) is 3.02. The van der Waals surface area contributed by atoms with Gasteiger partial charge in [-0.1, -0.05) is 0 Å². The molecule has 15 heavy (non-hydrogen) atoms. The maximum Gasteiger partial charge on any atom is 0.142 e. The van der Waals surface area contributed by atoms with Gasteiger partial charge in [0, 0.05) is 6.04 Å². The zero-order valence-electron chi connectivity index (χ0n) is 7.91. The van der Waals surface area contributed by atoms with Gasteiger partial charge in [-0.3, -0.25) is 0 Å². The molecule has 1 aromatic rings. The Bertz CT molecular complexity index is 313. The van der Waals surface area contributed by atoms with Crippen LogP contribution in [0.5, 0.6) is 5.75 Å². The van der Waals surface area contributed by atoms with Crippen molar-refractivity contribution in [3.05, 3.63) is 24.8 Å². The van der Waals surface area contributed by atoms with E-state index in [2.05, 4.69) is 45.2 Å². The molecular formula is C9H13ClI2N2O. The molecule has 1 atom stereocenters. The second-order valence-corrected chi connectivity index (χ2v) is 5.34. The van der Waals surface area contributed by atoms with E-state index in [0.29, 0.717) is 12.3 Å². The first-order chi connectivity index (χ1) is 6.56. The lowest BCUT2D eigenvalue weighted by Gasteiger charge is -2.12. The highest BCUT2D eigenvalue weighted by molar-refractivity contribution is 14.1. The van der Waals surface area contributed by atoms with Gasteiger partial charge in [0.1, 0.15) is 5.75 Å². The molecule has 0 aromatic heterocycles. The lowest BCUT2D eigenvalue weighted by Crippen LogP contribution is -2.15. The highest BCUT2D eigenvalue weighted by Crippen LogP contribution is 2.29. The van der Waals surface area contributed by atoms with Crippen LogP contribution in [0, 0.1) is 7.14 Å². The molecule has 0 heterocycles. The number of hydrogen-bond acceptors (Lipinski definition) is 3. The lowest BCUT2D eigenvalue weighted by molar-refractivity contribution is 0.467. The van der Waals surface area contributed by atoms with E-state index in [4.69, 9.17) is 11.5 Å². The molecule has 0 spiro atoms. The van der Waals surface area contributed by atoms with E-state index in [9.17, 15) is 5.11 Å². The van der Waals surface area contributed by atoms with Crippen LogP contribution in [0.2, 0.25) is 0 Å². The van der Waals surface area contributed by atoms with Crippen molar-refractivity contribution in [2.75, 3.05) is 6.54 Å². The van der Waals surface area contributed by atoms with E-state index < -0.39 is 0 Å². The molecule has 0 aliphatic rings. The smallest absolute Gasteiger partial charge is 0.142 e. The zero-order chi connectivity index (χ0) is 10.7. The number of nitrogens with two attached hydrogens (primary N) is 2. The van der Waals surface area contributed by atoms with Gasteiger partial charge in [0.15, 0.2) is 0 Å². The Morgan fingerprint density at radius 3 is 2.13 bits per heavy atom. The topological polar surface area (TPSA) is 72.3 Å². The zero-order valence-corrected chi connectivity index (χ0v) is 13.0. The third-order valence-electron chi connectivity index (χ3n) is 1.95. The molecule has 0 radical (unpaired) electrons. The molecule has 0 aliphatic carbocycles. The molecule has 0 fully saturated rings. The first-order valence-corrected chi connectivity index (χ1v) is 6.35. The molecule has 1 rings (SSSR count). The van der Waals surface area contributed by atoms with Crippen molar-refractivity contribution < 1.29 is 5.11 Å². The number of aromatic hydroxyl groups is 1. The molecule has 5 N–H and O–H groups in total. The molecular weight excluding hydrogens is 441 g/mol. The molecule has 86 valence electrons. The van der Waals surface area contributed by atoms with E-state index in [1.165, 1.54) is 0 Å². The Balaban J connectivity index is 0.00000196. The van der Waals surface area contributed by atoms with Crippen molar-refractivity contribution in [3.8, 4) is 5.75 Å². The monoisotopic (exact) mass is 454 g/mol. The number of benzene rings is 1. The summed E-state index contributed by atoms with van der Waals surface area (Å²) in [5.41, 5.74) is 12.4. The second kappa shape index (κ2) is 7.10. The van der Waals surface area contributed by atoms with Gasteiger partial charge in [0.25, 0.3) is 0 Å². The minimum Gasteiger partial charge on any atom is -0.506 e. The van der Waals surface area contributed by atoms with Gasteiger partial charge in [-0.25, -0.2) is 0 Å². The molecule has 0 amide bonds. The minimum atomic E-state index is -0.0392. The number of halogens is 3. The molecule has 0 saturated heterocycles. The van der Waals surface area contributed by atoms with Crippen LogP contribution in [0.25, 0.3) is 0 Å². The Morgan fingerprint density at radius 2 is 1.73 bits per heavy atom. The molecule has 0 aliphatic heterocycles. The summed E-state index contributed by atoms with van der Waals surface area (Å²) < 4.78 is 1.66. The molecule has 0 saturated carbocycles. The van der Waals surface area contributed by atoms with E-state index in [-0.39, 0.29) is 18.4 Å².